The summed E-state index contributed by atoms with van der Waals surface area (Å²) in [5, 5.41) is 5.60. The normalized spacial score (nSPS) is 19.9. The molecule has 8 heteroatoms. The summed E-state index contributed by atoms with van der Waals surface area (Å²) in [5.41, 5.74) is 5.04. The van der Waals surface area contributed by atoms with Crippen LogP contribution in [0.5, 0.6) is 0 Å². The second kappa shape index (κ2) is 6.48. The van der Waals surface area contributed by atoms with Crippen LogP contribution in [0.2, 0.25) is 0 Å². The molecule has 0 saturated carbocycles. The smallest absolute Gasteiger partial charge is 0.240 e. The summed E-state index contributed by atoms with van der Waals surface area (Å²) in [6.07, 6.45) is 0.0472. The molecule has 0 spiro atoms. The maximum absolute atomic E-state index is 10.8. The monoisotopic (exact) mass is 245 g/mol. The summed E-state index contributed by atoms with van der Waals surface area (Å²) >= 11 is 0. The molecular formula is C9H19N5O3. The van der Waals surface area contributed by atoms with Crippen molar-refractivity contribution >= 4 is 5.91 Å². The fourth-order valence-electron chi connectivity index (χ4n) is 1.77. The van der Waals surface area contributed by atoms with Gasteiger partial charge >= 0.3 is 0 Å². The van der Waals surface area contributed by atoms with Gasteiger partial charge in [0.05, 0.1) is 5.29 Å². The quantitative estimate of drug-likeness (QED) is 0.476. The van der Waals surface area contributed by atoms with Gasteiger partial charge in [-0.25, -0.2) is 0 Å². The maximum atomic E-state index is 10.8. The first-order valence-electron chi connectivity index (χ1n) is 5.49. The van der Waals surface area contributed by atoms with Crippen LogP contribution in [0, 0.1) is 4.91 Å². The molecule has 1 saturated heterocycles. The number of hydrogen-bond donors (Lipinski definition) is 1. The Morgan fingerprint density at radius 1 is 1.47 bits per heavy atom. The van der Waals surface area contributed by atoms with E-state index in [4.69, 9.17) is 10.5 Å². The first-order valence-corrected chi connectivity index (χ1v) is 5.49. The topological polar surface area (TPSA) is 91.5 Å². The zero-order valence-corrected chi connectivity index (χ0v) is 10.2. The molecule has 2 N–H and O–H groups in total. The van der Waals surface area contributed by atoms with Gasteiger partial charge in [-0.1, -0.05) is 0 Å². The van der Waals surface area contributed by atoms with E-state index in [1.165, 1.54) is 0 Å². The van der Waals surface area contributed by atoms with Crippen molar-refractivity contribution in [2.45, 2.75) is 13.2 Å². The van der Waals surface area contributed by atoms with Crippen LogP contribution in [-0.2, 0) is 9.53 Å². The van der Waals surface area contributed by atoms with Crippen molar-refractivity contribution in [2.24, 2.45) is 11.0 Å². The molecule has 0 aromatic rings. The van der Waals surface area contributed by atoms with Gasteiger partial charge in [-0.15, -0.1) is 4.91 Å². The van der Waals surface area contributed by atoms with E-state index in [0.717, 1.165) is 18.2 Å². The second-order valence-corrected chi connectivity index (χ2v) is 3.90. The van der Waals surface area contributed by atoms with E-state index in [9.17, 15) is 9.70 Å². The van der Waals surface area contributed by atoms with Gasteiger partial charge in [0.1, 0.15) is 12.8 Å². The standard InChI is InChI=1S/C9H19N5O3/c1-8(17-2)12-3-5-13(6-4-12)14(11-16)7-9(10)15/h8H,3-7H2,1-2H3,(H2,10,15). The number of amides is 1. The number of methoxy groups -OCH3 is 1. The molecule has 8 nitrogen and oxygen atoms in total. The molecule has 0 radical (unpaired) electrons. The molecule has 1 unspecified atom stereocenters. The number of nitrogens with two attached hydrogens (primary N) is 1. The predicted molar refractivity (Wildman–Crippen MR) is 61.3 cm³/mol. The molecule has 1 rings (SSSR count). The zero-order chi connectivity index (χ0) is 12.8. The van der Waals surface area contributed by atoms with Gasteiger partial charge in [-0.2, -0.15) is 10.1 Å². The van der Waals surface area contributed by atoms with Crippen LogP contribution in [0.25, 0.3) is 0 Å². The van der Waals surface area contributed by atoms with Crippen molar-refractivity contribution in [2.75, 3.05) is 39.8 Å². The van der Waals surface area contributed by atoms with Crippen LogP contribution in [0.4, 0.5) is 0 Å². The lowest BCUT2D eigenvalue weighted by molar-refractivity contribution is -0.130. The van der Waals surface area contributed by atoms with Crippen molar-refractivity contribution in [1.82, 2.24) is 15.0 Å². The van der Waals surface area contributed by atoms with Gasteiger partial charge in [0.25, 0.3) is 0 Å². The molecule has 1 fully saturated rings. The van der Waals surface area contributed by atoms with Gasteiger partial charge in [0, 0.05) is 33.3 Å². The minimum atomic E-state index is -0.572. The zero-order valence-electron chi connectivity index (χ0n) is 10.2. The Hall–Kier alpha value is -1.25. The summed E-state index contributed by atoms with van der Waals surface area (Å²) in [4.78, 5) is 23.5. The Kier molecular flexibility index (Phi) is 5.26. The summed E-state index contributed by atoms with van der Waals surface area (Å²) < 4.78 is 5.21. The number of nitroso groups, excluding NO2 is 1. The van der Waals surface area contributed by atoms with E-state index in [1.54, 1.807) is 12.1 Å². The average molecular weight is 245 g/mol. The molecule has 0 bridgehead atoms. The highest BCUT2D eigenvalue weighted by molar-refractivity contribution is 5.75. The van der Waals surface area contributed by atoms with Crippen molar-refractivity contribution in [1.29, 1.82) is 0 Å². The third kappa shape index (κ3) is 3.91. The molecular weight excluding hydrogens is 226 g/mol. The highest BCUT2D eigenvalue weighted by Gasteiger charge is 2.25. The maximum Gasteiger partial charge on any atom is 0.240 e. The average Bonchev–Trinajstić information content (AvgIpc) is 2.35. The highest BCUT2D eigenvalue weighted by atomic mass is 16.5. The van der Waals surface area contributed by atoms with Gasteiger partial charge in [0.15, 0.2) is 0 Å². The lowest BCUT2D eigenvalue weighted by atomic mass is 10.3. The molecule has 17 heavy (non-hydrogen) atoms. The van der Waals surface area contributed by atoms with Gasteiger partial charge < -0.3 is 10.5 Å². The fourth-order valence-corrected chi connectivity index (χ4v) is 1.77. The largest absolute Gasteiger partial charge is 0.368 e. The third-order valence-electron chi connectivity index (χ3n) is 2.86. The number of nitrogens with zero attached hydrogens (tertiary/aromatic N) is 4. The number of rotatable bonds is 6. The second-order valence-electron chi connectivity index (χ2n) is 3.90. The Morgan fingerprint density at radius 3 is 2.47 bits per heavy atom. The Morgan fingerprint density at radius 2 is 2.06 bits per heavy atom. The number of piperazine rings is 1. The van der Waals surface area contributed by atoms with Crippen LogP contribution in [0.3, 0.4) is 0 Å². The van der Waals surface area contributed by atoms with Crippen molar-refractivity contribution in [3.63, 3.8) is 0 Å². The first-order chi connectivity index (χ1) is 8.08. The van der Waals surface area contributed by atoms with Crippen LogP contribution >= 0.6 is 0 Å². The minimum absolute atomic E-state index is 0.0472. The van der Waals surface area contributed by atoms with E-state index in [2.05, 4.69) is 10.2 Å². The van der Waals surface area contributed by atoms with Crippen molar-refractivity contribution in [3.8, 4) is 0 Å². The SMILES string of the molecule is COC(C)N1CCN(N(CC(N)=O)N=O)CC1. The number of ether oxygens (including phenoxy) is 1. The number of hydrogen-bond acceptors (Lipinski definition) is 6. The molecule has 0 aliphatic carbocycles. The van der Waals surface area contributed by atoms with E-state index >= 15 is 0 Å². The number of carbonyl (C=O) groups excluding carboxylic acids is 1. The first kappa shape index (κ1) is 13.8. The fraction of sp³-hybridized carbons (Fsp3) is 0.889. The molecule has 1 atom stereocenters. The summed E-state index contributed by atoms with van der Waals surface area (Å²) in [7, 11) is 1.66. The van der Waals surface area contributed by atoms with Gasteiger partial charge in [-0.05, 0) is 6.92 Å². The van der Waals surface area contributed by atoms with Crippen molar-refractivity contribution < 1.29 is 9.53 Å². The van der Waals surface area contributed by atoms with Crippen LogP contribution in [0.15, 0.2) is 5.29 Å². The number of hydrazine groups is 1. The van der Waals surface area contributed by atoms with Crippen LogP contribution in [0.1, 0.15) is 6.92 Å². The lowest BCUT2D eigenvalue weighted by Crippen LogP contribution is -2.55. The molecule has 0 aromatic carbocycles. The number of primary amides is 1. The summed E-state index contributed by atoms with van der Waals surface area (Å²) in [6.45, 7) is 4.52. The van der Waals surface area contributed by atoms with E-state index in [-0.39, 0.29) is 12.8 Å². The van der Waals surface area contributed by atoms with Crippen LogP contribution in [-0.4, -0.2) is 67.0 Å². The summed E-state index contributed by atoms with van der Waals surface area (Å²) in [6, 6.07) is 0. The number of carbonyl (C=O) groups is 1. The molecule has 98 valence electrons. The molecule has 1 amide bonds. The minimum Gasteiger partial charge on any atom is -0.368 e. The third-order valence-corrected chi connectivity index (χ3v) is 2.86. The molecule has 1 aliphatic rings. The lowest BCUT2D eigenvalue weighted by Gasteiger charge is -2.39. The van der Waals surface area contributed by atoms with E-state index < -0.39 is 5.91 Å². The predicted octanol–water partition coefficient (Wildman–Crippen LogP) is -1.02. The highest BCUT2D eigenvalue weighted by Crippen LogP contribution is 2.09. The van der Waals surface area contributed by atoms with Gasteiger partial charge in [0.2, 0.25) is 5.91 Å². The van der Waals surface area contributed by atoms with Crippen molar-refractivity contribution in [3.05, 3.63) is 4.91 Å². The molecule has 1 heterocycles. The Labute approximate surface area is 100 Å². The molecule has 0 aromatic heterocycles. The Bertz CT molecular complexity index is 267. The Balaban J connectivity index is 2.44. The van der Waals surface area contributed by atoms with E-state index in [0.29, 0.717) is 13.1 Å². The summed E-state index contributed by atoms with van der Waals surface area (Å²) in [5.74, 6) is -0.572. The van der Waals surface area contributed by atoms with Gasteiger partial charge in [-0.3, -0.25) is 9.69 Å². The van der Waals surface area contributed by atoms with Crippen LogP contribution < -0.4 is 5.73 Å². The van der Waals surface area contributed by atoms with E-state index in [1.807, 2.05) is 6.92 Å². The molecule has 1 aliphatic heterocycles.